The average molecular weight is 299 g/mol. The van der Waals surface area contributed by atoms with Gasteiger partial charge >= 0.3 is 5.97 Å². The van der Waals surface area contributed by atoms with Crippen LogP contribution in [0.5, 0.6) is 0 Å². The highest BCUT2D eigenvalue weighted by molar-refractivity contribution is 5.72. The van der Waals surface area contributed by atoms with Gasteiger partial charge in [0, 0.05) is 23.5 Å². The first-order valence-electron chi connectivity index (χ1n) is 7.67. The summed E-state index contributed by atoms with van der Waals surface area (Å²) in [6, 6.07) is 0.0580. The lowest BCUT2D eigenvalue weighted by molar-refractivity contribution is -0.152. The number of aldehydes is 1. The summed E-state index contributed by atoms with van der Waals surface area (Å²) in [4.78, 5) is 24.1. The largest absolute Gasteiger partial charge is 0.464 e. The number of piperidine rings is 1. The van der Waals surface area contributed by atoms with E-state index in [-0.39, 0.29) is 42.0 Å². The SMILES string of the molecule is CC(COC(=O)CCC=O)N1C(C)(C)CC(O)CC1(C)C. The van der Waals surface area contributed by atoms with Crippen molar-refractivity contribution in [3.8, 4) is 0 Å². The van der Waals surface area contributed by atoms with Crippen molar-refractivity contribution in [2.24, 2.45) is 0 Å². The van der Waals surface area contributed by atoms with Crippen molar-refractivity contribution in [2.45, 2.75) is 83.5 Å². The van der Waals surface area contributed by atoms with Crippen LogP contribution in [0.2, 0.25) is 0 Å². The molecule has 0 saturated carbocycles. The van der Waals surface area contributed by atoms with E-state index in [1.54, 1.807) is 0 Å². The molecule has 1 rings (SSSR count). The van der Waals surface area contributed by atoms with E-state index in [1.807, 2.05) is 6.92 Å². The molecule has 0 aromatic carbocycles. The molecule has 5 nitrogen and oxygen atoms in total. The van der Waals surface area contributed by atoms with E-state index < -0.39 is 0 Å². The van der Waals surface area contributed by atoms with Gasteiger partial charge in [-0.15, -0.1) is 0 Å². The Morgan fingerprint density at radius 3 is 2.33 bits per heavy atom. The fourth-order valence-electron chi connectivity index (χ4n) is 3.97. The van der Waals surface area contributed by atoms with Gasteiger partial charge in [-0.2, -0.15) is 0 Å². The summed E-state index contributed by atoms with van der Waals surface area (Å²) < 4.78 is 5.27. The molecule has 5 heteroatoms. The minimum absolute atomic E-state index is 0.0580. The number of aliphatic hydroxyl groups is 1. The van der Waals surface area contributed by atoms with Crippen molar-refractivity contribution in [1.29, 1.82) is 0 Å². The van der Waals surface area contributed by atoms with Crippen molar-refractivity contribution in [1.82, 2.24) is 4.90 Å². The highest BCUT2D eigenvalue weighted by Gasteiger charge is 2.47. The Kier molecular flexibility index (Phi) is 5.93. The highest BCUT2D eigenvalue weighted by Crippen LogP contribution is 2.39. The van der Waals surface area contributed by atoms with Gasteiger partial charge in [-0.3, -0.25) is 9.69 Å². The molecule has 1 saturated heterocycles. The second-order valence-electron chi connectivity index (χ2n) is 7.29. The van der Waals surface area contributed by atoms with E-state index in [2.05, 4.69) is 32.6 Å². The zero-order valence-electron chi connectivity index (χ0n) is 13.9. The van der Waals surface area contributed by atoms with Crippen molar-refractivity contribution in [2.75, 3.05) is 6.61 Å². The molecule has 1 heterocycles. The number of rotatable bonds is 6. The van der Waals surface area contributed by atoms with E-state index >= 15 is 0 Å². The van der Waals surface area contributed by atoms with E-state index in [0.717, 1.165) is 6.29 Å². The smallest absolute Gasteiger partial charge is 0.306 e. The van der Waals surface area contributed by atoms with Crippen molar-refractivity contribution < 1.29 is 19.4 Å². The summed E-state index contributed by atoms with van der Waals surface area (Å²) in [6.45, 7) is 10.8. The van der Waals surface area contributed by atoms with Crippen LogP contribution in [0.3, 0.4) is 0 Å². The lowest BCUT2D eigenvalue weighted by Gasteiger charge is -2.56. The quantitative estimate of drug-likeness (QED) is 0.599. The van der Waals surface area contributed by atoms with Gasteiger partial charge in [0.1, 0.15) is 12.9 Å². The highest BCUT2D eigenvalue weighted by atomic mass is 16.5. The minimum Gasteiger partial charge on any atom is -0.464 e. The normalized spacial score (nSPS) is 23.5. The molecule has 0 radical (unpaired) electrons. The summed E-state index contributed by atoms with van der Waals surface area (Å²) in [5, 5.41) is 10.1. The summed E-state index contributed by atoms with van der Waals surface area (Å²) in [5.74, 6) is -0.332. The zero-order valence-corrected chi connectivity index (χ0v) is 13.9. The lowest BCUT2D eigenvalue weighted by Crippen LogP contribution is -2.65. The lowest BCUT2D eigenvalue weighted by atomic mass is 9.77. The van der Waals surface area contributed by atoms with Crippen molar-refractivity contribution in [3.05, 3.63) is 0 Å². The summed E-state index contributed by atoms with van der Waals surface area (Å²) in [5.41, 5.74) is -0.314. The number of carbonyl (C=O) groups excluding carboxylic acids is 2. The van der Waals surface area contributed by atoms with Crippen LogP contribution in [0.1, 0.15) is 60.3 Å². The first-order chi connectivity index (χ1) is 9.60. The molecule has 0 spiro atoms. The van der Waals surface area contributed by atoms with Crippen LogP contribution in [0.25, 0.3) is 0 Å². The van der Waals surface area contributed by atoms with E-state index in [1.165, 1.54) is 0 Å². The van der Waals surface area contributed by atoms with Crippen molar-refractivity contribution in [3.63, 3.8) is 0 Å². The summed E-state index contributed by atoms with van der Waals surface area (Å²) >= 11 is 0. The van der Waals surface area contributed by atoms with Crippen LogP contribution in [0.4, 0.5) is 0 Å². The molecular weight excluding hydrogens is 270 g/mol. The third-order valence-corrected chi connectivity index (χ3v) is 4.17. The Labute approximate surface area is 127 Å². The van der Waals surface area contributed by atoms with Crippen LogP contribution < -0.4 is 0 Å². The van der Waals surface area contributed by atoms with E-state index in [9.17, 15) is 14.7 Å². The van der Waals surface area contributed by atoms with E-state index in [0.29, 0.717) is 19.4 Å². The number of hydrogen-bond donors (Lipinski definition) is 1. The molecule has 1 atom stereocenters. The maximum absolute atomic E-state index is 11.5. The van der Waals surface area contributed by atoms with Gasteiger partial charge in [-0.25, -0.2) is 0 Å². The van der Waals surface area contributed by atoms with Gasteiger partial charge < -0.3 is 14.6 Å². The van der Waals surface area contributed by atoms with Gasteiger partial charge in [0.2, 0.25) is 0 Å². The Morgan fingerprint density at radius 2 is 1.86 bits per heavy atom. The number of ether oxygens (including phenoxy) is 1. The fourth-order valence-corrected chi connectivity index (χ4v) is 3.97. The number of nitrogens with zero attached hydrogens (tertiary/aromatic N) is 1. The number of carbonyl (C=O) groups is 2. The third kappa shape index (κ3) is 4.78. The van der Waals surface area contributed by atoms with Crippen LogP contribution in [0.15, 0.2) is 0 Å². The molecule has 0 amide bonds. The van der Waals surface area contributed by atoms with Crippen LogP contribution in [0, 0.1) is 0 Å². The zero-order chi connectivity index (χ0) is 16.3. The predicted molar refractivity (Wildman–Crippen MR) is 81.0 cm³/mol. The molecule has 1 aliphatic heterocycles. The van der Waals surface area contributed by atoms with Crippen LogP contribution in [-0.4, -0.2) is 52.1 Å². The topological polar surface area (TPSA) is 66.8 Å². The monoisotopic (exact) mass is 299 g/mol. The molecule has 1 N–H and O–H groups in total. The first-order valence-corrected chi connectivity index (χ1v) is 7.67. The second-order valence-corrected chi connectivity index (χ2v) is 7.29. The number of likely N-dealkylation sites (tertiary alicyclic amines) is 1. The van der Waals surface area contributed by atoms with Gasteiger partial charge in [0.15, 0.2) is 0 Å². The van der Waals surface area contributed by atoms with Gasteiger partial charge in [0.05, 0.1) is 12.5 Å². The second kappa shape index (κ2) is 6.88. The predicted octanol–water partition coefficient (Wildman–Crippen LogP) is 1.91. The number of hydrogen-bond acceptors (Lipinski definition) is 5. The Bertz CT molecular complexity index is 360. The standard InChI is InChI=1S/C16H29NO4/c1-12(11-21-14(20)7-6-8-18)17-15(2,3)9-13(19)10-16(17,4)5/h8,12-13,19H,6-7,9-11H2,1-5H3. The maximum Gasteiger partial charge on any atom is 0.306 e. The number of aliphatic hydroxyl groups excluding tert-OH is 1. The van der Waals surface area contributed by atoms with Gasteiger partial charge in [-0.05, 0) is 47.5 Å². The summed E-state index contributed by atoms with van der Waals surface area (Å²) in [7, 11) is 0. The van der Waals surface area contributed by atoms with Gasteiger partial charge in [-0.1, -0.05) is 0 Å². The minimum atomic E-state index is -0.332. The molecule has 122 valence electrons. The van der Waals surface area contributed by atoms with Crippen LogP contribution in [-0.2, 0) is 14.3 Å². The molecule has 0 aromatic heterocycles. The first kappa shape index (κ1) is 18.1. The van der Waals surface area contributed by atoms with Crippen LogP contribution >= 0.6 is 0 Å². The Balaban J connectivity index is 2.68. The number of esters is 1. The fraction of sp³-hybridized carbons (Fsp3) is 0.875. The van der Waals surface area contributed by atoms with Gasteiger partial charge in [0.25, 0.3) is 0 Å². The third-order valence-electron chi connectivity index (χ3n) is 4.17. The maximum atomic E-state index is 11.5. The molecule has 0 aliphatic carbocycles. The molecule has 1 unspecified atom stereocenters. The Morgan fingerprint density at radius 1 is 1.33 bits per heavy atom. The summed E-state index contributed by atoms with van der Waals surface area (Å²) in [6.07, 6.45) is 2.19. The Hall–Kier alpha value is -0.940. The van der Waals surface area contributed by atoms with Crippen molar-refractivity contribution >= 4 is 12.3 Å². The molecule has 21 heavy (non-hydrogen) atoms. The molecule has 1 fully saturated rings. The van der Waals surface area contributed by atoms with E-state index in [4.69, 9.17) is 4.74 Å². The molecule has 0 bridgehead atoms. The molecular formula is C16H29NO4. The molecule has 1 aliphatic rings. The average Bonchev–Trinajstić information content (AvgIpc) is 2.29. The molecule has 0 aromatic rings.